The van der Waals surface area contributed by atoms with E-state index in [0.29, 0.717) is 46.8 Å². The molecule has 0 radical (unpaired) electrons. The molecule has 3 aromatic carbocycles. The SMILES string of the molecule is Cc1ccc(S(=O)(=O)O)c(CCOc2cccc(C(=O)N3CCc4c(nn(C)c4-c4cc(F)cc(F)c4)[C@@H]3C)c2)c1. The molecule has 41 heavy (non-hydrogen) atoms. The van der Waals surface area contributed by atoms with E-state index >= 15 is 0 Å². The van der Waals surface area contributed by atoms with E-state index in [-0.39, 0.29) is 29.9 Å². The van der Waals surface area contributed by atoms with Gasteiger partial charge in [-0.3, -0.25) is 14.0 Å². The Morgan fingerprint density at radius 3 is 2.54 bits per heavy atom. The van der Waals surface area contributed by atoms with Gasteiger partial charge in [0.2, 0.25) is 0 Å². The Morgan fingerprint density at radius 1 is 1.10 bits per heavy atom. The summed E-state index contributed by atoms with van der Waals surface area (Å²) in [6.45, 7) is 4.21. The predicted octanol–water partition coefficient (Wildman–Crippen LogP) is 5.30. The Hall–Kier alpha value is -4.09. The zero-order valence-corrected chi connectivity index (χ0v) is 23.6. The molecule has 1 N–H and O–H groups in total. The quantitative estimate of drug-likeness (QED) is 0.297. The normalized spacial score (nSPS) is 15.1. The van der Waals surface area contributed by atoms with E-state index in [4.69, 9.17) is 4.74 Å². The number of hydrogen-bond acceptors (Lipinski definition) is 5. The third-order valence-electron chi connectivity index (χ3n) is 7.25. The Kier molecular flexibility index (Phi) is 7.67. The minimum atomic E-state index is -4.37. The zero-order valence-electron chi connectivity index (χ0n) is 22.8. The first-order valence-corrected chi connectivity index (χ1v) is 14.5. The molecule has 0 unspecified atom stereocenters. The van der Waals surface area contributed by atoms with E-state index < -0.39 is 21.8 Å². The maximum absolute atomic E-state index is 13.9. The van der Waals surface area contributed by atoms with Gasteiger partial charge < -0.3 is 9.64 Å². The second-order valence-corrected chi connectivity index (χ2v) is 11.5. The number of rotatable bonds is 7. The number of hydrogen-bond donors (Lipinski definition) is 1. The number of nitrogens with zero attached hydrogens (tertiary/aromatic N) is 3. The molecule has 1 atom stereocenters. The number of aromatic nitrogens is 2. The zero-order chi connectivity index (χ0) is 29.5. The molecule has 0 fully saturated rings. The highest BCUT2D eigenvalue weighted by Gasteiger charge is 2.33. The molecule has 1 aliphatic rings. The van der Waals surface area contributed by atoms with Crippen LogP contribution in [0.1, 0.15) is 45.7 Å². The van der Waals surface area contributed by atoms with E-state index in [1.165, 1.54) is 18.2 Å². The summed E-state index contributed by atoms with van der Waals surface area (Å²) >= 11 is 0. The Labute approximate surface area is 236 Å². The average molecular weight is 582 g/mol. The van der Waals surface area contributed by atoms with Gasteiger partial charge in [0.05, 0.1) is 28.9 Å². The summed E-state index contributed by atoms with van der Waals surface area (Å²) in [5.41, 5.74) is 4.24. The third-order valence-corrected chi connectivity index (χ3v) is 8.21. The standard InChI is InChI=1S/C30H29F2N3O5S/c1-18-7-8-27(41(37,38)39)20(13-18)10-12-40-25-6-4-5-21(16-25)30(36)35-11-9-26-28(19(35)2)33-34(3)29(26)22-14-23(31)17-24(32)15-22/h4-8,13-17,19H,9-12H2,1-3H3,(H,37,38,39)/t19-/m0/s1. The lowest BCUT2D eigenvalue weighted by atomic mass is 9.95. The summed E-state index contributed by atoms with van der Waals surface area (Å²) in [5, 5.41) is 4.60. The topological polar surface area (TPSA) is 102 Å². The fourth-order valence-corrected chi connectivity index (χ4v) is 6.12. The molecule has 1 amide bonds. The van der Waals surface area contributed by atoms with Gasteiger partial charge in [-0.2, -0.15) is 13.5 Å². The summed E-state index contributed by atoms with van der Waals surface area (Å²) < 4.78 is 68.3. The monoisotopic (exact) mass is 581 g/mol. The number of benzene rings is 3. The van der Waals surface area contributed by atoms with Crippen molar-refractivity contribution in [1.82, 2.24) is 14.7 Å². The van der Waals surface area contributed by atoms with Crippen LogP contribution in [0.25, 0.3) is 11.3 Å². The van der Waals surface area contributed by atoms with Gasteiger partial charge in [-0.25, -0.2) is 8.78 Å². The van der Waals surface area contributed by atoms with Crippen LogP contribution in [0.5, 0.6) is 5.75 Å². The van der Waals surface area contributed by atoms with Crippen molar-refractivity contribution in [1.29, 1.82) is 0 Å². The fraction of sp³-hybridized carbons (Fsp3) is 0.267. The number of ether oxygens (including phenoxy) is 1. The molecule has 0 saturated heterocycles. The van der Waals surface area contributed by atoms with Gasteiger partial charge in [0, 0.05) is 42.8 Å². The van der Waals surface area contributed by atoms with Crippen LogP contribution < -0.4 is 4.74 Å². The molecule has 4 aromatic rings. The molecule has 0 saturated carbocycles. The highest BCUT2D eigenvalue weighted by Crippen LogP contribution is 2.36. The van der Waals surface area contributed by atoms with Gasteiger partial charge in [-0.15, -0.1) is 0 Å². The molecule has 8 nitrogen and oxygen atoms in total. The minimum Gasteiger partial charge on any atom is -0.493 e. The van der Waals surface area contributed by atoms with Crippen LogP contribution in [-0.4, -0.2) is 46.7 Å². The van der Waals surface area contributed by atoms with Crippen molar-refractivity contribution in [3.8, 4) is 17.0 Å². The Morgan fingerprint density at radius 2 is 1.83 bits per heavy atom. The second-order valence-electron chi connectivity index (χ2n) is 10.1. The van der Waals surface area contributed by atoms with Gasteiger partial charge in [-0.05, 0) is 62.2 Å². The van der Waals surface area contributed by atoms with Crippen molar-refractivity contribution >= 4 is 16.0 Å². The molecule has 5 rings (SSSR count). The number of halogens is 2. The first-order valence-electron chi connectivity index (χ1n) is 13.1. The summed E-state index contributed by atoms with van der Waals surface area (Å²) in [4.78, 5) is 15.1. The molecule has 214 valence electrons. The molecular weight excluding hydrogens is 552 g/mol. The van der Waals surface area contributed by atoms with Crippen LogP contribution in [-0.2, 0) is 30.0 Å². The van der Waals surface area contributed by atoms with Crippen molar-refractivity contribution in [2.45, 2.75) is 37.6 Å². The van der Waals surface area contributed by atoms with E-state index in [9.17, 15) is 26.5 Å². The number of carbonyl (C=O) groups is 1. The summed E-state index contributed by atoms with van der Waals surface area (Å²) in [5.74, 6) is -1.12. The van der Waals surface area contributed by atoms with E-state index in [0.717, 1.165) is 17.2 Å². The molecule has 1 aliphatic heterocycles. The second kappa shape index (κ2) is 11.1. The lowest BCUT2D eigenvalue weighted by molar-refractivity contribution is 0.0673. The van der Waals surface area contributed by atoms with E-state index in [2.05, 4.69) is 5.10 Å². The average Bonchev–Trinajstić information content (AvgIpc) is 3.24. The number of fused-ring (bicyclic) bond motifs is 1. The van der Waals surface area contributed by atoms with E-state index in [1.807, 2.05) is 13.8 Å². The van der Waals surface area contributed by atoms with E-state index in [1.54, 1.807) is 53.0 Å². The summed E-state index contributed by atoms with van der Waals surface area (Å²) in [6.07, 6.45) is 0.702. The Balaban J connectivity index is 1.31. The minimum absolute atomic E-state index is 0.129. The molecular formula is C30H29F2N3O5S. The lowest BCUT2D eigenvalue weighted by Crippen LogP contribution is -2.38. The highest BCUT2D eigenvalue weighted by molar-refractivity contribution is 7.85. The lowest BCUT2D eigenvalue weighted by Gasteiger charge is -2.33. The molecule has 0 aliphatic carbocycles. The van der Waals surface area contributed by atoms with Gasteiger partial charge in [-0.1, -0.05) is 23.8 Å². The van der Waals surface area contributed by atoms with Gasteiger partial charge in [0.1, 0.15) is 17.4 Å². The fourth-order valence-electron chi connectivity index (χ4n) is 5.39. The maximum atomic E-state index is 13.9. The Bertz CT molecular complexity index is 1730. The molecule has 2 heterocycles. The maximum Gasteiger partial charge on any atom is 0.294 e. The van der Waals surface area contributed by atoms with Gasteiger partial charge >= 0.3 is 0 Å². The van der Waals surface area contributed by atoms with Crippen LogP contribution in [0, 0.1) is 18.6 Å². The van der Waals surface area contributed by atoms with Crippen LogP contribution in [0.4, 0.5) is 8.78 Å². The largest absolute Gasteiger partial charge is 0.493 e. The van der Waals surface area contributed by atoms with Gasteiger partial charge in [0.15, 0.2) is 0 Å². The molecule has 1 aromatic heterocycles. The number of amides is 1. The van der Waals surface area contributed by atoms with Crippen LogP contribution in [0.15, 0.2) is 65.6 Å². The summed E-state index contributed by atoms with van der Waals surface area (Å²) in [7, 11) is -2.65. The van der Waals surface area contributed by atoms with Crippen molar-refractivity contribution in [3.63, 3.8) is 0 Å². The number of carbonyl (C=O) groups excluding carboxylic acids is 1. The molecule has 0 bridgehead atoms. The highest BCUT2D eigenvalue weighted by atomic mass is 32.2. The van der Waals surface area contributed by atoms with Crippen LogP contribution in [0.3, 0.4) is 0 Å². The molecule has 11 heteroatoms. The van der Waals surface area contributed by atoms with Crippen molar-refractivity contribution in [2.75, 3.05) is 13.2 Å². The first kappa shape index (κ1) is 28.4. The third kappa shape index (κ3) is 5.86. The molecule has 0 spiro atoms. The first-order chi connectivity index (χ1) is 19.4. The van der Waals surface area contributed by atoms with Crippen molar-refractivity contribution in [2.24, 2.45) is 7.05 Å². The van der Waals surface area contributed by atoms with Crippen LogP contribution >= 0.6 is 0 Å². The van der Waals surface area contributed by atoms with Crippen molar-refractivity contribution < 1.29 is 31.3 Å². The predicted molar refractivity (Wildman–Crippen MR) is 148 cm³/mol. The van der Waals surface area contributed by atoms with Crippen molar-refractivity contribution in [3.05, 3.63) is 100 Å². The number of aryl methyl sites for hydroxylation is 2. The summed E-state index contributed by atoms with van der Waals surface area (Å²) in [6, 6.07) is 14.4. The van der Waals surface area contributed by atoms with Crippen LogP contribution in [0.2, 0.25) is 0 Å². The van der Waals surface area contributed by atoms with Gasteiger partial charge in [0.25, 0.3) is 16.0 Å². The smallest absolute Gasteiger partial charge is 0.294 e.